The van der Waals surface area contributed by atoms with Gasteiger partial charge in [0.05, 0.1) is 0 Å². The van der Waals surface area contributed by atoms with E-state index in [1.54, 1.807) is 11.4 Å². The van der Waals surface area contributed by atoms with E-state index in [1.807, 2.05) is 30.3 Å². The average molecular weight is 399 g/mol. The summed E-state index contributed by atoms with van der Waals surface area (Å²) in [6.45, 7) is 2.02. The number of nitrogens with one attached hydrogen (secondary N) is 2. The fourth-order valence-corrected chi connectivity index (χ4v) is 2.99. The molecule has 0 bridgehead atoms. The second-order valence-electron chi connectivity index (χ2n) is 5.92. The molecule has 8 heteroatoms. The van der Waals surface area contributed by atoms with E-state index in [0.717, 1.165) is 5.56 Å². The summed E-state index contributed by atoms with van der Waals surface area (Å²) in [5.41, 5.74) is 1.49. The van der Waals surface area contributed by atoms with Gasteiger partial charge in [-0.15, -0.1) is 11.3 Å². The van der Waals surface area contributed by atoms with Gasteiger partial charge in [0.25, 0.3) is 5.91 Å². The molecule has 2 aromatic carbocycles. The molecule has 3 aromatic rings. The molecule has 3 rings (SSSR count). The largest absolute Gasteiger partial charge is 0.448 e. The molecule has 0 aliphatic rings. The molecule has 0 aliphatic heterocycles. The van der Waals surface area contributed by atoms with Crippen LogP contribution >= 0.6 is 11.3 Å². The third-order valence-electron chi connectivity index (χ3n) is 3.75. The molecule has 0 unspecified atom stereocenters. The Labute approximate surface area is 165 Å². The lowest BCUT2D eigenvalue weighted by Crippen LogP contribution is -2.30. The lowest BCUT2D eigenvalue weighted by molar-refractivity contribution is -0.123. The Morgan fingerprint density at radius 2 is 1.96 bits per heavy atom. The summed E-state index contributed by atoms with van der Waals surface area (Å²) in [5, 5.41) is 7.77. The fourth-order valence-electron chi connectivity index (χ4n) is 2.31. The van der Waals surface area contributed by atoms with Crippen molar-refractivity contribution in [3.8, 4) is 0 Å². The summed E-state index contributed by atoms with van der Waals surface area (Å²) >= 11 is 1.27. The number of esters is 1. The molecule has 1 amide bonds. The van der Waals surface area contributed by atoms with Gasteiger partial charge in [-0.25, -0.2) is 14.2 Å². The van der Waals surface area contributed by atoms with Crippen LogP contribution in [0.15, 0.2) is 60.0 Å². The van der Waals surface area contributed by atoms with Crippen molar-refractivity contribution in [3.05, 3.63) is 77.1 Å². The number of hydrogen-bond donors (Lipinski definition) is 2. The third kappa shape index (κ3) is 5.37. The van der Waals surface area contributed by atoms with Gasteiger partial charge in [0, 0.05) is 17.6 Å². The number of halogens is 1. The lowest BCUT2D eigenvalue weighted by atomic mass is 10.2. The van der Waals surface area contributed by atoms with Gasteiger partial charge < -0.3 is 15.4 Å². The molecule has 28 heavy (non-hydrogen) atoms. The number of carbonyl (C=O) groups is 2. The number of anilines is 2. The minimum atomic E-state index is -1.06. The molecule has 1 aromatic heterocycles. The molecule has 0 saturated heterocycles. The van der Waals surface area contributed by atoms with Crippen LogP contribution in [0.4, 0.5) is 15.2 Å². The topological polar surface area (TPSA) is 80.3 Å². The van der Waals surface area contributed by atoms with Crippen LogP contribution in [0.3, 0.4) is 0 Å². The zero-order chi connectivity index (χ0) is 19.9. The predicted octanol–water partition coefficient (Wildman–Crippen LogP) is 4.08. The first-order valence-corrected chi connectivity index (χ1v) is 9.40. The highest BCUT2D eigenvalue weighted by Crippen LogP contribution is 2.18. The Morgan fingerprint density at radius 1 is 1.18 bits per heavy atom. The van der Waals surface area contributed by atoms with Gasteiger partial charge in [0.2, 0.25) is 0 Å². The first-order chi connectivity index (χ1) is 13.5. The van der Waals surface area contributed by atoms with Crippen molar-refractivity contribution in [2.24, 2.45) is 0 Å². The summed E-state index contributed by atoms with van der Waals surface area (Å²) < 4.78 is 18.3. The second kappa shape index (κ2) is 9.09. The first-order valence-electron chi connectivity index (χ1n) is 8.52. The molecule has 144 valence electrons. The monoisotopic (exact) mass is 399 g/mol. The van der Waals surface area contributed by atoms with Crippen LogP contribution in [0, 0.1) is 5.82 Å². The fraction of sp³-hybridized carbons (Fsp3) is 0.150. The van der Waals surface area contributed by atoms with Crippen LogP contribution in [-0.2, 0) is 16.1 Å². The molecule has 1 atom stereocenters. The molecule has 0 fully saturated rings. The molecule has 6 nitrogen and oxygen atoms in total. The maximum absolute atomic E-state index is 13.2. The summed E-state index contributed by atoms with van der Waals surface area (Å²) in [4.78, 5) is 28.5. The number of carbonyl (C=O) groups excluding carboxylic acids is 2. The highest BCUT2D eigenvalue weighted by atomic mass is 32.1. The number of amides is 1. The van der Waals surface area contributed by atoms with Gasteiger partial charge in [-0.05, 0) is 30.7 Å². The van der Waals surface area contributed by atoms with Crippen molar-refractivity contribution < 1.29 is 18.7 Å². The molecule has 1 heterocycles. The van der Waals surface area contributed by atoms with Crippen LogP contribution in [0.5, 0.6) is 0 Å². The number of ether oxygens (including phenoxy) is 1. The second-order valence-corrected chi connectivity index (χ2v) is 6.78. The Balaban J connectivity index is 1.52. The van der Waals surface area contributed by atoms with E-state index in [0.29, 0.717) is 11.7 Å². The number of nitrogens with zero attached hydrogens (tertiary/aromatic N) is 1. The van der Waals surface area contributed by atoms with Crippen LogP contribution in [0.2, 0.25) is 0 Å². The summed E-state index contributed by atoms with van der Waals surface area (Å²) in [7, 11) is 0. The number of rotatable bonds is 7. The minimum absolute atomic E-state index is 0.117. The van der Waals surface area contributed by atoms with Gasteiger partial charge in [0.1, 0.15) is 5.82 Å². The van der Waals surface area contributed by atoms with Gasteiger partial charge in [-0.1, -0.05) is 36.4 Å². The highest BCUT2D eigenvalue weighted by Gasteiger charge is 2.21. The van der Waals surface area contributed by atoms with E-state index in [-0.39, 0.29) is 11.4 Å². The zero-order valence-electron chi connectivity index (χ0n) is 15.0. The molecule has 0 radical (unpaired) electrons. The van der Waals surface area contributed by atoms with Crippen molar-refractivity contribution in [1.82, 2.24) is 4.98 Å². The Hall–Kier alpha value is -3.26. The van der Waals surface area contributed by atoms with Gasteiger partial charge >= 0.3 is 5.97 Å². The quantitative estimate of drug-likeness (QED) is 0.585. The molecule has 0 spiro atoms. The van der Waals surface area contributed by atoms with Crippen molar-refractivity contribution in [2.75, 3.05) is 10.6 Å². The lowest BCUT2D eigenvalue weighted by Gasteiger charge is -2.12. The SMILES string of the molecule is C[C@@H](OC(=O)c1csc(NCc2ccccc2)n1)C(=O)Nc1cccc(F)c1. The number of aromatic nitrogens is 1. The smallest absolute Gasteiger partial charge is 0.358 e. The Kier molecular flexibility index (Phi) is 6.33. The van der Waals surface area contributed by atoms with Crippen molar-refractivity contribution >= 4 is 34.0 Å². The normalized spacial score (nSPS) is 11.5. The van der Waals surface area contributed by atoms with Crippen molar-refractivity contribution in [2.45, 2.75) is 19.6 Å². The molecular formula is C20H18FN3O3S. The van der Waals surface area contributed by atoms with E-state index >= 15 is 0 Å². The molecule has 0 aliphatic carbocycles. The van der Waals surface area contributed by atoms with E-state index < -0.39 is 23.8 Å². The molecule has 0 saturated carbocycles. The number of hydrogen-bond acceptors (Lipinski definition) is 6. The maximum Gasteiger partial charge on any atom is 0.358 e. The third-order valence-corrected chi connectivity index (χ3v) is 4.55. The first kappa shape index (κ1) is 19.5. The van der Waals surface area contributed by atoms with E-state index in [4.69, 9.17) is 4.74 Å². The van der Waals surface area contributed by atoms with Crippen LogP contribution in [0.1, 0.15) is 23.0 Å². The number of thiazole rings is 1. The van der Waals surface area contributed by atoms with Crippen molar-refractivity contribution in [3.63, 3.8) is 0 Å². The molecular weight excluding hydrogens is 381 g/mol. The standard InChI is InChI=1S/C20H18FN3O3S/c1-13(18(25)23-16-9-5-8-15(21)10-16)27-19(26)17-12-28-20(24-17)22-11-14-6-3-2-4-7-14/h2-10,12-13H,11H2,1H3,(H,22,24)(H,23,25)/t13-/m1/s1. The number of benzene rings is 2. The predicted molar refractivity (Wildman–Crippen MR) is 106 cm³/mol. The minimum Gasteiger partial charge on any atom is -0.448 e. The average Bonchev–Trinajstić information content (AvgIpc) is 3.16. The maximum atomic E-state index is 13.2. The highest BCUT2D eigenvalue weighted by molar-refractivity contribution is 7.13. The summed E-state index contributed by atoms with van der Waals surface area (Å²) in [5.74, 6) is -1.73. The summed E-state index contributed by atoms with van der Waals surface area (Å²) in [6.07, 6.45) is -1.06. The Bertz CT molecular complexity index is 962. The molecule has 2 N–H and O–H groups in total. The summed E-state index contributed by atoms with van der Waals surface area (Å²) in [6, 6.07) is 15.2. The van der Waals surface area contributed by atoms with Gasteiger partial charge in [-0.2, -0.15) is 0 Å². The zero-order valence-corrected chi connectivity index (χ0v) is 15.8. The van der Waals surface area contributed by atoms with Crippen LogP contribution in [0.25, 0.3) is 0 Å². The van der Waals surface area contributed by atoms with Crippen LogP contribution in [-0.4, -0.2) is 23.0 Å². The van der Waals surface area contributed by atoms with E-state index in [2.05, 4.69) is 15.6 Å². The van der Waals surface area contributed by atoms with Crippen molar-refractivity contribution in [1.29, 1.82) is 0 Å². The van der Waals surface area contributed by atoms with Crippen LogP contribution < -0.4 is 10.6 Å². The van der Waals surface area contributed by atoms with Gasteiger partial charge in [0.15, 0.2) is 16.9 Å². The van der Waals surface area contributed by atoms with Gasteiger partial charge in [-0.3, -0.25) is 4.79 Å². The van der Waals surface area contributed by atoms with E-state index in [1.165, 1.54) is 36.5 Å². The Morgan fingerprint density at radius 3 is 2.71 bits per heavy atom. The van der Waals surface area contributed by atoms with E-state index in [9.17, 15) is 14.0 Å².